The van der Waals surface area contributed by atoms with Crippen molar-refractivity contribution in [2.75, 3.05) is 0 Å². The van der Waals surface area contributed by atoms with E-state index in [0.717, 1.165) is 25.7 Å². The van der Waals surface area contributed by atoms with Gasteiger partial charge in [-0.15, -0.1) is 0 Å². The van der Waals surface area contributed by atoms with Crippen LogP contribution in [0.5, 0.6) is 0 Å². The van der Waals surface area contributed by atoms with E-state index in [9.17, 15) is 4.79 Å². The fourth-order valence-corrected chi connectivity index (χ4v) is 1.96. The lowest BCUT2D eigenvalue weighted by Crippen LogP contribution is -2.10. The van der Waals surface area contributed by atoms with Crippen molar-refractivity contribution in [2.24, 2.45) is 0 Å². The highest BCUT2D eigenvalue weighted by Crippen LogP contribution is 2.08. The Labute approximate surface area is 107 Å². The third-order valence-electron chi connectivity index (χ3n) is 2.96. The first kappa shape index (κ1) is 12.6. The molecule has 0 atom stereocenters. The zero-order valence-electron chi connectivity index (χ0n) is 10.5. The van der Waals surface area contributed by atoms with E-state index in [-0.39, 0.29) is 5.91 Å². The van der Waals surface area contributed by atoms with Crippen molar-refractivity contribution in [3.05, 3.63) is 54.4 Å². The van der Waals surface area contributed by atoms with E-state index in [1.54, 1.807) is 18.5 Å². The first-order valence-electron chi connectivity index (χ1n) is 6.43. The quantitative estimate of drug-likeness (QED) is 0.728. The Bertz CT molecular complexity index is 463. The van der Waals surface area contributed by atoms with Crippen LogP contribution in [0.3, 0.4) is 0 Å². The summed E-state index contributed by atoms with van der Waals surface area (Å²) in [5.41, 5.74) is 1.37. The molecule has 94 valence electrons. The molecule has 0 radical (unpaired) electrons. The number of aromatic nitrogens is 2. The lowest BCUT2D eigenvalue weighted by molar-refractivity contribution is 0.0883. The predicted octanol–water partition coefficient (Wildman–Crippen LogP) is 3.33. The van der Waals surface area contributed by atoms with Gasteiger partial charge in [0.1, 0.15) is 0 Å². The first-order valence-corrected chi connectivity index (χ1v) is 6.43. The molecule has 0 N–H and O–H groups in total. The largest absolute Gasteiger partial charge is 0.273 e. The molecule has 3 heteroatoms. The van der Waals surface area contributed by atoms with Gasteiger partial charge in [-0.1, -0.05) is 36.8 Å². The number of benzene rings is 1. The van der Waals surface area contributed by atoms with Crippen LogP contribution >= 0.6 is 0 Å². The first-order chi connectivity index (χ1) is 8.86. The summed E-state index contributed by atoms with van der Waals surface area (Å²) < 4.78 is 1.41. The molecule has 0 saturated heterocycles. The lowest BCUT2D eigenvalue weighted by atomic mass is 10.1. The van der Waals surface area contributed by atoms with Crippen molar-refractivity contribution in [2.45, 2.75) is 32.1 Å². The minimum absolute atomic E-state index is 0.0831. The van der Waals surface area contributed by atoms with Crippen molar-refractivity contribution in [1.29, 1.82) is 0 Å². The summed E-state index contributed by atoms with van der Waals surface area (Å²) in [6, 6.07) is 12.2. The van der Waals surface area contributed by atoms with Crippen molar-refractivity contribution < 1.29 is 4.79 Å². The molecule has 3 nitrogen and oxygen atoms in total. The molecule has 1 aromatic heterocycles. The van der Waals surface area contributed by atoms with E-state index >= 15 is 0 Å². The van der Waals surface area contributed by atoms with Gasteiger partial charge in [-0.2, -0.15) is 5.10 Å². The molecule has 0 bridgehead atoms. The minimum Gasteiger partial charge on any atom is -0.273 e. The van der Waals surface area contributed by atoms with Crippen molar-refractivity contribution >= 4 is 5.91 Å². The number of rotatable bonds is 6. The smallest absolute Gasteiger partial charge is 0.246 e. The summed E-state index contributed by atoms with van der Waals surface area (Å²) in [5, 5.41) is 3.93. The molecule has 0 saturated carbocycles. The van der Waals surface area contributed by atoms with Crippen LogP contribution in [0.1, 0.15) is 36.0 Å². The molecule has 0 unspecified atom stereocenters. The molecule has 0 fully saturated rings. The van der Waals surface area contributed by atoms with Gasteiger partial charge < -0.3 is 0 Å². The van der Waals surface area contributed by atoms with Crippen molar-refractivity contribution in [3.63, 3.8) is 0 Å². The van der Waals surface area contributed by atoms with Gasteiger partial charge in [-0.25, -0.2) is 4.68 Å². The zero-order valence-corrected chi connectivity index (χ0v) is 10.5. The Morgan fingerprint density at radius 2 is 1.89 bits per heavy atom. The maximum atomic E-state index is 11.6. The molecule has 1 aromatic carbocycles. The minimum atomic E-state index is 0.0831. The van der Waals surface area contributed by atoms with Crippen LogP contribution in [0.15, 0.2) is 48.8 Å². The SMILES string of the molecule is O=C(CCCCCc1ccccc1)n1cccn1. The van der Waals surface area contributed by atoms with Crippen LogP contribution in [0.4, 0.5) is 0 Å². The molecule has 1 heterocycles. The molecule has 0 aliphatic carbocycles. The summed E-state index contributed by atoms with van der Waals surface area (Å²) in [7, 11) is 0. The molecule has 0 aliphatic heterocycles. The van der Waals surface area contributed by atoms with Gasteiger partial charge in [0.25, 0.3) is 0 Å². The molecular weight excluding hydrogens is 224 g/mol. The molecular formula is C15H18N2O. The normalized spacial score (nSPS) is 10.4. The molecule has 2 aromatic rings. The number of aryl methyl sites for hydroxylation is 1. The van der Waals surface area contributed by atoms with Crippen LogP contribution in [0.2, 0.25) is 0 Å². The molecule has 18 heavy (non-hydrogen) atoms. The van der Waals surface area contributed by atoms with Gasteiger partial charge in [-0.3, -0.25) is 4.79 Å². The summed E-state index contributed by atoms with van der Waals surface area (Å²) in [4.78, 5) is 11.6. The van der Waals surface area contributed by atoms with Crippen LogP contribution in [0, 0.1) is 0 Å². The Hall–Kier alpha value is -1.90. The summed E-state index contributed by atoms with van der Waals surface area (Å²) in [5.74, 6) is 0.0831. The Balaban J connectivity index is 1.61. The van der Waals surface area contributed by atoms with E-state index in [1.807, 2.05) is 6.07 Å². The molecule has 2 rings (SSSR count). The Morgan fingerprint density at radius 3 is 2.61 bits per heavy atom. The third kappa shape index (κ3) is 3.84. The zero-order chi connectivity index (χ0) is 12.6. The summed E-state index contributed by atoms with van der Waals surface area (Å²) in [6.45, 7) is 0. The van der Waals surface area contributed by atoms with E-state index in [1.165, 1.54) is 10.2 Å². The summed E-state index contributed by atoms with van der Waals surface area (Å²) >= 11 is 0. The van der Waals surface area contributed by atoms with Gasteiger partial charge in [-0.05, 0) is 30.9 Å². The molecule has 0 aliphatic rings. The molecule has 0 amide bonds. The number of hydrogen-bond donors (Lipinski definition) is 0. The second-order valence-corrected chi connectivity index (χ2v) is 4.39. The van der Waals surface area contributed by atoms with Gasteiger partial charge in [0.15, 0.2) is 0 Å². The van der Waals surface area contributed by atoms with E-state index in [4.69, 9.17) is 0 Å². The summed E-state index contributed by atoms with van der Waals surface area (Å²) in [6.07, 6.45) is 8.16. The second-order valence-electron chi connectivity index (χ2n) is 4.39. The number of carbonyl (C=O) groups excluding carboxylic acids is 1. The Kier molecular flexibility index (Phi) is 4.70. The predicted molar refractivity (Wildman–Crippen MR) is 71.5 cm³/mol. The van der Waals surface area contributed by atoms with Crippen molar-refractivity contribution in [1.82, 2.24) is 9.78 Å². The number of nitrogens with zero attached hydrogens (tertiary/aromatic N) is 2. The average Bonchev–Trinajstić information content (AvgIpc) is 2.93. The van der Waals surface area contributed by atoms with Crippen molar-refractivity contribution in [3.8, 4) is 0 Å². The number of carbonyl (C=O) groups is 1. The van der Waals surface area contributed by atoms with Crippen LogP contribution < -0.4 is 0 Å². The van der Waals surface area contributed by atoms with Gasteiger partial charge >= 0.3 is 0 Å². The maximum Gasteiger partial charge on any atom is 0.246 e. The highest BCUT2D eigenvalue weighted by atomic mass is 16.2. The standard InChI is InChI=1S/C15H18N2O/c18-15(17-13-7-12-16-17)11-6-2-5-10-14-8-3-1-4-9-14/h1,3-4,7-9,12-13H,2,5-6,10-11H2. The Morgan fingerprint density at radius 1 is 1.06 bits per heavy atom. The average molecular weight is 242 g/mol. The highest BCUT2D eigenvalue weighted by molar-refractivity contribution is 5.77. The highest BCUT2D eigenvalue weighted by Gasteiger charge is 2.03. The van der Waals surface area contributed by atoms with E-state index in [0.29, 0.717) is 6.42 Å². The van der Waals surface area contributed by atoms with Gasteiger partial charge in [0.2, 0.25) is 5.91 Å². The fraction of sp³-hybridized carbons (Fsp3) is 0.333. The van der Waals surface area contributed by atoms with E-state index < -0.39 is 0 Å². The van der Waals surface area contributed by atoms with Gasteiger partial charge in [0, 0.05) is 18.8 Å². The second kappa shape index (κ2) is 6.74. The topological polar surface area (TPSA) is 34.9 Å². The number of unbranched alkanes of at least 4 members (excludes halogenated alkanes) is 2. The van der Waals surface area contributed by atoms with Crippen LogP contribution in [-0.2, 0) is 6.42 Å². The fourth-order valence-electron chi connectivity index (χ4n) is 1.96. The van der Waals surface area contributed by atoms with Crippen LogP contribution in [0.25, 0.3) is 0 Å². The maximum absolute atomic E-state index is 11.6. The van der Waals surface area contributed by atoms with Crippen LogP contribution in [-0.4, -0.2) is 15.7 Å². The molecule has 0 spiro atoms. The lowest BCUT2D eigenvalue weighted by Gasteiger charge is -2.02. The monoisotopic (exact) mass is 242 g/mol. The third-order valence-corrected chi connectivity index (χ3v) is 2.96. The van der Waals surface area contributed by atoms with E-state index in [2.05, 4.69) is 29.4 Å². The van der Waals surface area contributed by atoms with Gasteiger partial charge in [0.05, 0.1) is 0 Å². The number of hydrogen-bond acceptors (Lipinski definition) is 2.